The summed E-state index contributed by atoms with van der Waals surface area (Å²) >= 11 is 1.72. The van der Waals surface area contributed by atoms with Crippen molar-refractivity contribution in [1.29, 1.82) is 0 Å². The van der Waals surface area contributed by atoms with Gasteiger partial charge in [-0.3, -0.25) is 10.1 Å². The third-order valence-corrected chi connectivity index (χ3v) is 3.44. The van der Waals surface area contributed by atoms with E-state index in [1.807, 2.05) is 30.3 Å². The highest BCUT2D eigenvalue weighted by Crippen LogP contribution is 2.15. The van der Waals surface area contributed by atoms with Crippen molar-refractivity contribution in [1.82, 2.24) is 16.0 Å². The fraction of sp³-hybridized carbons (Fsp3) is 0.385. The molecule has 6 heteroatoms. The van der Waals surface area contributed by atoms with E-state index in [9.17, 15) is 9.59 Å². The van der Waals surface area contributed by atoms with Gasteiger partial charge >= 0.3 is 6.03 Å². The van der Waals surface area contributed by atoms with Gasteiger partial charge in [-0.1, -0.05) is 18.2 Å². The van der Waals surface area contributed by atoms with E-state index in [0.717, 1.165) is 5.75 Å². The van der Waals surface area contributed by atoms with Crippen LogP contribution in [0.1, 0.15) is 6.92 Å². The number of amides is 3. The van der Waals surface area contributed by atoms with E-state index in [1.165, 1.54) is 11.9 Å². The first-order chi connectivity index (χ1) is 9.13. The molecule has 1 atom stereocenters. The van der Waals surface area contributed by atoms with E-state index in [4.69, 9.17) is 0 Å². The van der Waals surface area contributed by atoms with Gasteiger partial charge in [0.1, 0.15) is 0 Å². The lowest BCUT2D eigenvalue weighted by molar-refractivity contribution is -0.121. The molecule has 104 valence electrons. The number of hydrogen-bond acceptors (Lipinski definition) is 4. The van der Waals surface area contributed by atoms with Crippen molar-refractivity contribution in [2.75, 3.05) is 19.3 Å². The molecular weight excluding hydrogens is 262 g/mol. The second kappa shape index (κ2) is 8.55. The summed E-state index contributed by atoms with van der Waals surface area (Å²) in [4.78, 5) is 23.7. The van der Waals surface area contributed by atoms with E-state index in [-0.39, 0.29) is 5.91 Å². The van der Waals surface area contributed by atoms with Gasteiger partial charge in [-0.25, -0.2) is 4.79 Å². The smallest absolute Gasteiger partial charge is 0.321 e. The van der Waals surface area contributed by atoms with E-state index >= 15 is 0 Å². The minimum atomic E-state index is -0.489. The van der Waals surface area contributed by atoms with Crippen LogP contribution in [0.4, 0.5) is 4.79 Å². The molecule has 3 N–H and O–H groups in total. The summed E-state index contributed by atoms with van der Waals surface area (Å²) in [7, 11) is 1.47. The Morgan fingerprint density at radius 3 is 2.58 bits per heavy atom. The van der Waals surface area contributed by atoms with Crippen LogP contribution >= 0.6 is 11.8 Å². The van der Waals surface area contributed by atoms with E-state index in [2.05, 4.69) is 16.0 Å². The zero-order valence-corrected chi connectivity index (χ0v) is 11.9. The van der Waals surface area contributed by atoms with Gasteiger partial charge in [-0.15, -0.1) is 11.8 Å². The molecule has 5 nitrogen and oxygen atoms in total. The highest BCUT2D eigenvalue weighted by atomic mass is 32.2. The molecule has 0 bridgehead atoms. The molecule has 1 rings (SSSR count). The van der Waals surface area contributed by atoms with Crippen LogP contribution in [-0.2, 0) is 4.79 Å². The Hall–Kier alpha value is -1.53. The predicted octanol–water partition coefficient (Wildman–Crippen LogP) is 1.21. The van der Waals surface area contributed by atoms with Gasteiger partial charge < -0.3 is 10.6 Å². The second-order valence-electron chi connectivity index (χ2n) is 3.91. The van der Waals surface area contributed by atoms with E-state index in [0.29, 0.717) is 6.54 Å². The maximum atomic E-state index is 11.5. The molecule has 0 saturated heterocycles. The van der Waals surface area contributed by atoms with Gasteiger partial charge in [0.25, 0.3) is 0 Å². The fourth-order valence-electron chi connectivity index (χ4n) is 1.34. The molecule has 0 aliphatic carbocycles. The van der Waals surface area contributed by atoms with Crippen molar-refractivity contribution < 1.29 is 9.59 Å². The number of thioether (sulfide) groups is 1. The van der Waals surface area contributed by atoms with Crippen molar-refractivity contribution >= 4 is 23.7 Å². The SMILES string of the molecule is CNC(=O)NC(=O)C(C)NCCSc1ccccc1. The number of hydrogen-bond donors (Lipinski definition) is 3. The first kappa shape index (κ1) is 15.5. The Balaban J connectivity index is 2.18. The minimum absolute atomic E-state index is 0.330. The van der Waals surface area contributed by atoms with Crippen LogP contribution in [0.2, 0.25) is 0 Å². The summed E-state index contributed by atoms with van der Waals surface area (Å²) in [5, 5.41) is 7.64. The van der Waals surface area contributed by atoms with Gasteiger partial charge in [0.15, 0.2) is 0 Å². The zero-order valence-electron chi connectivity index (χ0n) is 11.1. The van der Waals surface area contributed by atoms with Gasteiger partial charge in [-0.2, -0.15) is 0 Å². The highest BCUT2D eigenvalue weighted by molar-refractivity contribution is 7.99. The average Bonchev–Trinajstić information content (AvgIpc) is 2.44. The molecule has 1 aromatic carbocycles. The maximum Gasteiger partial charge on any atom is 0.321 e. The van der Waals surface area contributed by atoms with Crippen molar-refractivity contribution in [2.24, 2.45) is 0 Å². The molecule has 0 saturated carbocycles. The Labute approximate surface area is 117 Å². The molecule has 1 aromatic rings. The molecule has 1 unspecified atom stereocenters. The first-order valence-corrected chi connectivity index (χ1v) is 7.06. The molecule has 0 aliphatic rings. The van der Waals surface area contributed by atoms with Crippen LogP contribution < -0.4 is 16.0 Å². The summed E-state index contributed by atoms with van der Waals surface area (Å²) in [5.74, 6) is 0.533. The third kappa shape index (κ3) is 6.26. The molecule has 0 fully saturated rings. The van der Waals surface area contributed by atoms with Crippen LogP contribution in [0.3, 0.4) is 0 Å². The Morgan fingerprint density at radius 1 is 1.26 bits per heavy atom. The van der Waals surface area contributed by atoms with Gasteiger partial charge in [0.05, 0.1) is 6.04 Å². The topological polar surface area (TPSA) is 70.2 Å². The molecule has 0 aromatic heterocycles. The average molecular weight is 281 g/mol. The first-order valence-electron chi connectivity index (χ1n) is 6.07. The number of carbonyl (C=O) groups is 2. The van der Waals surface area contributed by atoms with Crippen molar-refractivity contribution in [3.63, 3.8) is 0 Å². The quantitative estimate of drug-likeness (QED) is 0.541. The van der Waals surface area contributed by atoms with Crippen LogP contribution in [0, 0.1) is 0 Å². The van der Waals surface area contributed by atoms with Crippen LogP contribution in [0.25, 0.3) is 0 Å². The van der Waals surface area contributed by atoms with Crippen LogP contribution in [-0.4, -0.2) is 37.3 Å². The lowest BCUT2D eigenvalue weighted by atomic mass is 10.3. The second-order valence-corrected chi connectivity index (χ2v) is 5.07. The number of benzene rings is 1. The summed E-state index contributed by atoms with van der Waals surface area (Å²) in [6.07, 6.45) is 0. The third-order valence-electron chi connectivity index (χ3n) is 2.42. The number of urea groups is 1. The van der Waals surface area contributed by atoms with Gasteiger partial charge in [0, 0.05) is 24.2 Å². The molecular formula is C13H19N3O2S. The summed E-state index contributed by atoms with van der Waals surface area (Å²) in [6.45, 7) is 2.42. The van der Waals surface area contributed by atoms with Gasteiger partial charge in [-0.05, 0) is 19.1 Å². The standard InChI is InChI=1S/C13H19N3O2S/c1-10(12(17)16-13(18)14-2)15-8-9-19-11-6-4-3-5-7-11/h3-7,10,15H,8-9H2,1-2H3,(H2,14,16,17,18). The van der Waals surface area contributed by atoms with Crippen molar-refractivity contribution in [2.45, 2.75) is 17.9 Å². The number of nitrogens with one attached hydrogen (secondary N) is 3. The summed E-state index contributed by atoms with van der Waals surface area (Å²) < 4.78 is 0. The molecule has 19 heavy (non-hydrogen) atoms. The Morgan fingerprint density at radius 2 is 1.95 bits per heavy atom. The maximum absolute atomic E-state index is 11.5. The summed E-state index contributed by atoms with van der Waals surface area (Å²) in [6, 6.07) is 9.18. The Bertz CT molecular complexity index is 412. The van der Waals surface area contributed by atoms with Crippen LogP contribution in [0.5, 0.6) is 0 Å². The summed E-state index contributed by atoms with van der Waals surface area (Å²) in [5.41, 5.74) is 0. The highest BCUT2D eigenvalue weighted by Gasteiger charge is 2.13. The normalized spacial score (nSPS) is 11.7. The molecule has 0 aliphatic heterocycles. The van der Waals surface area contributed by atoms with Crippen molar-refractivity contribution in [3.8, 4) is 0 Å². The van der Waals surface area contributed by atoms with Crippen LogP contribution in [0.15, 0.2) is 35.2 Å². The molecule has 3 amide bonds. The van der Waals surface area contributed by atoms with E-state index in [1.54, 1.807) is 18.7 Å². The lowest BCUT2D eigenvalue weighted by Crippen LogP contribution is -2.47. The fourth-order valence-corrected chi connectivity index (χ4v) is 2.14. The molecule has 0 spiro atoms. The molecule has 0 heterocycles. The van der Waals surface area contributed by atoms with Crippen molar-refractivity contribution in [3.05, 3.63) is 30.3 Å². The minimum Gasteiger partial charge on any atom is -0.341 e. The van der Waals surface area contributed by atoms with Gasteiger partial charge in [0.2, 0.25) is 5.91 Å². The Kier molecular flexibility index (Phi) is 6.99. The number of imide groups is 1. The lowest BCUT2D eigenvalue weighted by Gasteiger charge is -2.12. The largest absolute Gasteiger partial charge is 0.341 e. The van der Waals surface area contributed by atoms with E-state index < -0.39 is 12.1 Å². The molecule has 0 radical (unpaired) electrons. The zero-order chi connectivity index (χ0) is 14.1. The number of rotatable bonds is 6. The monoisotopic (exact) mass is 281 g/mol. The predicted molar refractivity (Wildman–Crippen MR) is 77.2 cm³/mol. The number of carbonyl (C=O) groups excluding carboxylic acids is 2.